The van der Waals surface area contributed by atoms with Gasteiger partial charge in [-0.1, -0.05) is 23.8 Å². The van der Waals surface area contributed by atoms with Crippen LogP contribution >= 0.6 is 0 Å². The molecule has 0 amide bonds. The van der Waals surface area contributed by atoms with Crippen LogP contribution in [-0.2, 0) is 0 Å². The highest BCUT2D eigenvalue weighted by Crippen LogP contribution is 2.37. The number of fused-ring (bicyclic) bond motifs is 1. The normalized spacial score (nSPS) is 14.1. The van der Waals surface area contributed by atoms with Crippen molar-refractivity contribution in [2.75, 3.05) is 27.4 Å². The summed E-state index contributed by atoms with van der Waals surface area (Å²) in [7, 11) is 4.09. The molecule has 2 aromatic rings. The van der Waals surface area contributed by atoms with Crippen molar-refractivity contribution in [3.8, 4) is 17.2 Å². The first-order chi connectivity index (χ1) is 11.0. The molecule has 0 aliphatic carbocycles. The molecule has 0 radical (unpaired) electrons. The van der Waals surface area contributed by atoms with Crippen LogP contribution in [0.5, 0.6) is 17.2 Å². The Kier molecular flexibility index (Phi) is 4.26. The maximum atomic E-state index is 9.85. The van der Waals surface area contributed by atoms with Crippen LogP contribution in [0.25, 0.3) is 5.57 Å². The van der Waals surface area contributed by atoms with Crippen LogP contribution in [0.3, 0.4) is 0 Å². The lowest BCUT2D eigenvalue weighted by Crippen LogP contribution is -2.15. The lowest BCUT2D eigenvalue weighted by Gasteiger charge is -2.17. The number of phenolic OH excluding ortho intramolecular Hbond substituents is 1. The minimum absolute atomic E-state index is 0.262. The van der Waals surface area contributed by atoms with E-state index in [4.69, 9.17) is 9.47 Å². The summed E-state index contributed by atoms with van der Waals surface area (Å²) in [5, 5.41) is 9.85. The molecule has 0 aromatic heterocycles. The third-order valence-corrected chi connectivity index (χ3v) is 3.78. The largest absolute Gasteiger partial charge is 0.508 e. The number of hydrogen-bond donors (Lipinski definition) is 1. The van der Waals surface area contributed by atoms with Crippen LogP contribution in [0, 0.1) is 0 Å². The summed E-state index contributed by atoms with van der Waals surface area (Å²) in [6, 6.07) is 13.3. The molecule has 3 rings (SSSR count). The minimum Gasteiger partial charge on any atom is -0.508 e. The van der Waals surface area contributed by atoms with Crippen LogP contribution in [0.2, 0.25) is 0 Å². The average molecular weight is 311 g/mol. The van der Waals surface area contributed by atoms with E-state index in [0.29, 0.717) is 0 Å². The molecule has 0 fully saturated rings. The average Bonchev–Trinajstić information content (AvgIpc) is 2.94. The van der Waals surface area contributed by atoms with Gasteiger partial charge in [0, 0.05) is 6.54 Å². The SMILES string of the molecule is CC(CN(C)C)=C(c1cccc(O)c1)c1ccc2c(c1)OCO2. The molecule has 23 heavy (non-hydrogen) atoms. The number of benzene rings is 2. The van der Waals surface area contributed by atoms with Crippen LogP contribution in [0.15, 0.2) is 48.0 Å². The molecule has 1 aliphatic rings. The Hall–Kier alpha value is -2.46. The maximum absolute atomic E-state index is 9.85. The molecule has 0 unspecified atom stereocenters. The van der Waals surface area contributed by atoms with Crippen LogP contribution in [0.4, 0.5) is 0 Å². The molecule has 0 saturated heterocycles. The zero-order valence-electron chi connectivity index (χ0n) is 13.7. The van der Waals surface area contributed by atoms with E-state index in [1.807, 2.05) is 44.4 Å². The molecule has 2 aromatic carbocycles. The fourth-order valence-corrected chi connectivity index (χ4v) is 2.93. The Balaban J connectivity index is 2.12. The molecule has 0 atom stereocenters. The summed E-state index contributed by atoms with van der Waals surface area (Å²) in [6.45, 7) is 3.21. The second-order valence-corrected chi connectivity index (χ2v) is 6.01. The summed E-state index contributed by atoms with van der Waals surface area (Å²) in [4.78, 5) is 2.13. The van der Waals surface area contributed by atoms with Crippen molar-refractivity contribution in [1.82, 2.24) is 4.90 Å². The quantitative estimate of drug-likeness (QED) is 0.938. The van der Waals surface area contributed by atoms with Crippen LogP contribution in [-0.4, -0.2) is 37.4 Å². The number of ether oxygens (including phenoxy) is 2. The smallest absolute Gasteiger partial charge is 0.231 e. The van der Waals surface area contributed by atoms with E-state index in [1.54, 1.807) is 12.1 Å². The summed E-state index contributed by atoms with van der Waals surface area (Å²) in [6.07, 6.45) is 0. The Labute approximate surface area is 136 Å². The van der Waals surface area contributed by atoms with Crippen molar-refractivity contribution in [3.63, 3.8) is 0 Å². The molecule has 1 N–H and O–H groups in total. The fraction of sp³-hybridized carbons (Fsp3) is 0.263. The molecule has 4 nitrogen and oxygen atoms in total. The van der Waals surface area contributed by atoms with Crippen molar-refractivity contribution in [2.45, 2.75) is 6.92 Å². The second-order valence-electron chi connectivity index (χ2n) is 6.01. The van der Waals surface area contributed by atoms with Gasteiger partial charge < -0.3 is 19.5 Å². The highest BCUT2D eigenvalue weighted by Gasteiger charge is 2.17. The van der Waals surface area contributed by atoms with E-state index < -0.39 is 0 Å². The number of phenols is 1. The van der Waals surface area contributed by atoms with Gasteiger partial charge >= 0.3 is 0 Å². The number of aromatic hydroxyl groups is 1. The van der Waals surface area contributed by atoms with Gasteiger partial charge in [0.1, 0.15) is 5.75 Å². The van der Waals surface area contributed by atoms with E-state index in [1.165, 1.54) is 5.57 Å². The summed E-state index contributed by atoms with van der Waals surface area (Å²) in [5.74, 6) is 1.80. The fourth-order valence-electron chi connectivity index (χ4n) is 2.93. The van der Waals surface area contributed by atoms with Crippen LogP contribution in [0.1, 0.15) is 18.1 Å². The van der Waals surface area contributed by atoms with Gasteiger partial charge in [-0.15, -0.1) is 0 Å². The summed E-state index contributed by atoms with van der Waals surface area (Å²) >= 11 is 0. The molecular weight excluding hydrogens is 290 g/mol. The molecule has 0 bridgehead atoms. The topological polar surface area (TPSA) is 41.9 Å². The third kappa shape index (κ3) is 3.32. The van der Waals surface area contributed by atoms with E-state index >= 15 is 0 Å². The molecule has 1 heterocycles. The number of likely N-dealkylation sites (N-methyl/N-ethyl adjacent to an activating group) is 1. The Morgan fingerprint density at radius 3 is 2.52 bits per heavy atom. The Morgan fingerprint density at radius 1 is 1.04 bits per heavy atom. The third-order valence-electron chi connectivity index (χ3n) is 3.78. The van der Waals surface area contributed by atoms with Crippen molar-refractivity contribution in [3.05, 3.63) is 59.2 Å². The predicted octanol–water partition coefficient (Wildman–Crippen LogP) is 3.50. The van der Waals surface area contributed by atoms with Crippen LogP contribution < -0.4 is 9.47 Å². The van der Waals surface area contributed by atoms with E-state index in [2.05, 4.69) is 11.8 Å². The van der Waals surface area contributed by atoms with Crippen molar-refractivity contribution >= 4 is 5.57 Å². The minimum atomic E-state index is 0.262. The number of rotatable bonds is 4. The summed E-state index contributed by atoms with van der Waals surface area (Å²) in [5.41, 5.74) is 4.37. The van der Waals surface area contributed by atoms with Gasteiger partial charge in [-0.05, 0) is 62.0 Å². The molecule has 120 valence electrons. The Morgan fingerprint density at radius 2 is 1.78 bits per heavy atom. The van der Waals surface area contributed by atoms with Gasteiger partial charge in [-0.25, -0.2) is 0 Å². The number of nitrogens with zero attached hydrogens (tertiary/aromatic N) is 1. The van der Waals surface area contributed by atoms with Gasteiger partial charge in [-0.2, -0.15) is 0 Å². The molecule has 0 saturated carbocycles. The van der Waals surface area contributed by atoms with Gasteiger partial charge in [0.05, 0.1) is 0 Å². The molecule has 0 spiro atoms. The highest BCUT2D eigenvalue weighted by molar-refractivity contribution is 5.83. The van der Waals surface area contributed by atoms with Crippen molar-refractivity contribution in [2.24, 2.45) is 0 Å². The highest BCUT2D eigenvalue weighted by atomic mass is 16.7. The van der Waals surface area contributed by atoms with Gasteiger partial charge in [0.25, 0.3) is 0 Å². The van der Waals surface area contributed by atoms with E-state index in [9.17, 15) is 5.11 Å². The number of hydrogen-bond acceptors (Lipinski definition) is 4. The monoisotopic (exact) mass is 311 g/mol. The first-order valence-electron chi connectivity index (χ1n) is 7.58. The van der Waals surface area contributed by atoms with Gasteiger partial charge in [0.2, 0.25) is 6.79 Å². The Bertz CT molecular complexity index is 750. The molecular formula is C19H21NO3. The maximum Gasteiger partial charge on any atom is 0.231 e. The lowest BCUT2D eigenvalue weighted by molar-refractivity contribution is 0.174. The van der Waals surface area contributed by atoms with E-state index in [-0.39, 0.29) is 12.5 Å². The lowest BCUT2D eigenvalue weighted by atomic mass is 9.93. The van der Waals surface area contributed by atoms with E-state index in [0.717, 1.165) is 34.7 Å². The zero-order valence-corrected chi connectivity index (χ0v) is 13.7. The standard InChI is InChI=1S/C19H21NO3/c1-13(11-20(2)3)19(14-5-4-6-16(21)9-14)15-7-8-17-18(10-15)23-12-22-17/h4-10,21H,11-12H2,1-3H3. The summed E-state index contributed by atoms with van der Waals surface area (Å²) < 4.78 is 10.9. The van der Waals surface area contributed by atoms with Crippen molar-refractivity contribution in [1.29, 1.82) is 0 Å². The van der Waals surface area contributed by atoms with Crippen molar-refractivity contribution < 1.29 is 14.6 Å². The first kappa shape index (κ1) is 15.4. The predicted molar refractivity (Wildman–Crippen MR) is 90.9 cm³/mol. The zero-order chi connectivity index (χ0) is 16.4. The van der Waals surface area contributed by atoms with Gasteiger partial charge in [-0.3, -0.25) is 0 Å². The second kappa shape index (κ2) is 6.34. The molecule has 4 heteroatoms. The van der Waals surface area contributed by atoms with Gasteiger partial charge in [0.15, 0.2) is 11.5 Å². The molecule has 1 aliphatic heterocycles. The first-order valence-corrected chi connectivity index (χ1v) is 7.58.